The molecule has 148 valence electrons. The number of rotatable bonds is 4. The van der Waals surface area contributed by atoms with Gasteiger partial charge in [0.15, 0.2) is 0 Å². The lowest BCUT2D eigenvalue weighted by molar-refractivity contribution is 0.757. The van der Waals surface area contributed by atoms with Crippen molar-refractivity contribution in [3.63, 3.8) is 0 Å². The Kier molecular flexibility index (Phi) is 5.11. The summed E-state index contributed by atoms with van der Waals surface area (Å²) in [4.78, 5) is 21.8. The van der Waals surface area contributed by atoms with E-state index in [1.54, 1.807) is 10.8 Å². The number of hydrogen-bond acceptors (Lipinski definition) is 5. The highest BCUT2D eigenvalue weighted by atomic mass is 35.5. The van der Waals surface area contributed by atoms with Gasteiger partial charge in [-0.05, 0) is 50.1 Å². The molecule has 0 radical (unpaired) electrons. The van der Waals surface area contributed by atoms with Gasteiger partial charge in [0.25, 0.3) is 5.56 Å². The molecule has 1 atom stereocenters. The second kappa shape index (κ2) is 7.72. The summed E-state index contributed by atoms with van der Waals surface area (Å²) >= 11 is 6.45. The molecule has 4 rings (SSSR count). The van der Waals surface area contributed by atoms with Crippen LogP contribution in [0.15, 0.2) is 47.4 Å². The summed E-state index contributed by atoms with van der Waals surface area (Å²) < 4.78 is 1.72. The SMILES string of the molecule is Cc1cnc(N)nc1N[C@@H](C)c1cc2c(c(=O)n1-c1ccccc1)=C(Cl)CCC=2. The molecule has 0 saturated heterocycles. The smallest absolute Gasteiger partial charge is 0.264 e. The molecule has 2 heterocycles. The van der Waals surface area contributed by atoms with Crippen molar-refractivity contribution < 1.29 is 0 Å². The van der Waals surface area contributed by atoms with E-state index in [4.69, 9.17) is 17.3 Å². The third-order valence-corrected chi connectivity index (χ3v) is 5.45. The molecule has 2 aromatic heterocycles. The second-order valence-corrected chi connectivity index (χ2v) is 7.61. The summed E-state index contributed by atoms with van der Waals surface area (Å²) in [6, 6.07) is 11.4. The maximum Gasteiger partial charge on any atom is 0.264 e. The van der Waals surface area contributed by atoms with Crippen LogP contribution in [0.2, 0.25) is 0 Å². The van der Waals surface area contributed by atoms with Crippen molar-refractivity contribution in [3.8, 4) is 5.69 Å². The van der Waals surface area contributed by atoms with Gasteiger partial charge in [-0.1, -0.05) is 35.9 Å². The Bertz CT molecular complexity index is 1250. The minimum atomic E-state index is -0.213. The number of halogens is 1. The number of aromatic nitrogens is 3. The average Bonchev–Trinajstić information content (AvgIpc) is 2.71. The standard InChI is InChI=1S/C22H22ClN5O/c1-13-12-25-22(24)27-20(13)26-14(2)18-11-15-7-6-10-17(23)19(15)21(29)28(18)16-8-4-3-5-9-16/h3-5,7-9,11-12,14H,6,10H2,1-2H3,(H3,24,25,26,27)/t14-/m0/s1. The van der Waals surface area contributed by atoms with Gasteiger partial charge in [-0.15, -0.1) is 0 Å². The van der Waals surface area contributed by atoms with Gasteiger partial charge in [-0.3, -0.25) is 9.36 Å². The van der Waals surface area contributed by atoms with Crippen molar-refractivity contribution in [3.05, 3.63) is 74.6 Å². The zero-order chi connectivity index (χ0) is 20.5. The topological polar surface area (TPSA) is 85.8 Å². The van der Waals surface area contributed by atoms with Crippen LogP contribution in [-0.2, 0) is 0 Å². The largest absolute Gasteiger partial charge is 0.368 e. The molecule has 3 N–H and O–H groups in total. The van der Waals surface area contributed by atoms with Crippen molar-refractivity contribution in [1.82, 2.24) is 14.5 Å². The van der Waals surface area contributed by atoms with E-state index in [9.17, 15) is 4.79 Å². The molecule has 1 aliphatic rings. The molecule has 1 aliphatic carbocycles. The van der Waals surface area contributed by atoms with E-state index in [-0.39, 0.29) is 17.5 Å². The average molecular weight is 408 g/mol. The lowest BCUT2D eigenvalue weighted by Gasteiger charge is -2.22. The predicted molar refractivity (Wildman–Crippen MR) is 117 cm³/mol. The van der Waals surface area contributed by atoms with Crippen molar-refractivity contribution in [1.29, 1.82) is 0 Å². The minimum absolute atomic E-state index is 0.114. The summed E-state index contributed by atoms with van der Waals surface area (Å²) in [5.41, 5.74) is 8.12. The summed E-state index contributed by atoms with van der Waals surface area (Å²) in [6.45, 7) is 3.90. The van der Waals surface area contributed by atoms with Crippen LogP contribution in [0.3, 0.4) is 0 Å². The quantitative estimate of drug-likeness (QED) is 0.694. The van der Waals surface area contributed by atoms with Gasteiger partial charge < -0.3 is 11.1 Å². The van der Waals surface area contributed by atoms with Gasteiger partial charge in [0.05, 0.1) is 11.3 Å². The summed E-state index contributed by atoms with van der Waals surface area (Å²) in [5.74, 6) is 0.842. The molecule has 0 fully saturated rings. The Balaban J connectivity index is 1.93. The van der Waals surface area contributed by atoms with E-state index in [0.29, 0.717) is 22.5 Å². The summed E-state index contributed by atoms with van der Waals surface area (Å²) in [6.07, 6.45) is 5.26. The maximum absolute atomic E-state index is 13.5. The molecule has 6 nitrogen and oxygen atoms in total. The van der Waals surface area contributed by atoms with Crippen LogP contribution in [0, 0.1) is 6.92 Å². The molecule has 0 amide bonds. The molecule has 7 heteroatoms. The normalized spacial score (nSPS) is 14.1. The number of aryl methyl sites for hydroxylation is 1. The van der Waals surface area contributed by atoms with Gasteiger partial charge in [0.2, 0.25) is 5.95 Å². The molecular weight excluding hydrogens is 386 g/mol. The number of nitrogens with one attached hydrogen (secondary N) is 1. The third kappa shape index (κ3) is 3.63. The summed E-state index contributed by atoms with van der Waals surface area (Å²) in [7, 11) is 0. The summed E-state index contributed by atoms with van der Waals surface area (Å²) in [5, 5.41) is 5.45. The highest BCUT2D eigenvalue weighted by molar-refractivity contribution is 6.45. The van der Waals surface area contributed by atoms with Crippen LogP contribution >= 0.6 is 11.6 Å². The molecule has 1 aromatic carbocycles. The molecule has 0 aliphatic heterocycles. The van der Waals surface area contributed by atoms with Crippen LogP contribution in [0.5, 0.6) is 0 Å². The van der Waals surface area contributed by atoms with Crippen LogP contribution in [0.4, 0.5) is 11.8 Å². The minimum Gasteiger partial charge on any atom is -0.368 e. The number of benzene rings is 1. The van der Waals surface area contributed by atoms with Gasteiger partial charge >= 0.3 is 0 Å². The highest BCUT2D eigenvalue weighted by Gasteiger charge is 2.18. The molecule has 0 bridgehead atoms. The highest BCUT2D eigenvalue weighted by Crippen LogP contribution is 2.21. The Morgan fingerprint density at radius 1 is 1.28 bits per heavy atom. The number of nitrogens with zero attached hydrogens (tertiary/aromatic N) is 3. The first-order chi connectivity index (χ1) is 14.0. The Labute approximate surface area is 173 Å². The van der Waals surface area contributed by atoms with Crippen LogP contribution in [-0.4, -0.2) is 14.5 Å². The molecule has 0 spiro atoms. The van der Waals surface area contributed by atoms with Crippen molar-refractivity contribution >= 4 is 34.5 Å². The van der Waals surface area contributed by atoms with Crippen molar-refractivity contribution in [2.75, 3.05) is 11.1 Å². The fourth-order valence-electron chi connectivity index (χ4n) is 3.60. The third-order valence-electron chi connectivity index (χ3n) is 5.07. The van der Waals surface area contributed by atoms with E-state index in [1.807, 2.05) is 50.2 Å². The Morgan fingerprint density at radius 3 is 2.79 bits per heavy atom. The van der Waals surface area contributed by atoms with E-state index in [2.05, 4.69) is 21.4 Å². The number of anilines is 2. The Hall–Kier alpha value is -3.12. The van der Waals surface area contributed by atoms with Gasteiger partial charge in [0.1, 0.15) is 5.82 Å². The molecule has 0 unspecified atom stereocenters. The zero-order valence-corrected chi connectivity index (χ0v) is 17.1. The number of hydrogen-bond donors (Lipinski definition) is 2. The molecule has 0 saturated carbocycles. The number of nitrogens with two attached hydrogens (primary N) is 1. The number of para-hydroxylation sites is 1. The lowest BCUT2D eigenvalue weighted by Crippen LogP contribution is -2.48. The van der Waals surface area contributed by atoms with Crippen molar-refractivity contribution in [2.45, 2.75) is 32.7 Å². The fourth-order valence-corrected chi connectivity index (χ4v) is 3.90. The fraction of sp³-hybridized carbons (Fsp3) is 0.227. The number of fused-ring (bicyclic) bond motifs is 1. The maximum atomic E-state index is 13.5. The monoisotopic (exact) mass is 407 g/mol. The van der Waals surface area contributed by atoms with Crippen LogP contribution in [0.25, 0.3) is 16.8 Å². The predicted octanol–water partition coefficient (Wildman–Crippen LogP) is 2.61. The van der Waals surface area contributed by atoms with Crippen LogP contribution < -0.4 is 27.0 Å². The van der Waals surface area contributed by atoms with E-state index in [0.717, 1.165) is 28.6 Å². The van der Waals surface area contributed by atoms with Gasteiger partial charge in [0, 0.05) is 28.2 Å². The number of nitrogen functional groups attached to an aromatic ring is 1. The molecular formula is C22H22ClN5O. The number of pyridine rings is 1. The lowest BCUT2D eigenvalue weighted by atomic mass is 10.1. The zero-order valence-electron chi connectivity index (χ0n) is 16.3. The van der Waals surface area contributed by atoms with Gasteiger partial charge in [-0.25, -0.2) is 4.98 Å². The first-order valence-electron chi connectivity index (χ1n) is 9.51. The van der Waals surface area contributed by atoms with Crippen molar-refractivity contribution in [2.24, 2.45) is 0 Å². The van der Waals surface area contributed by atoms with Crippen LogP contribution in [0.1, 0.15) is 37.1 Å². The Morgan fingerprint density at radius 2 is 2.03 bits per heavy atom. The van der Waals surface area contributed by atoms with E-state index in [1.165, 1.54) is 0 Å². The molecule has 29 heavy (non-hydrogen) atoms. The van der Waals surface area contributed by atoms with E-state index < -0.39 is 0 Å². The molecule has 3 aromatic rings. The van der Waals surface area contributed by atoms with Gasteiger partial charge in [-0.2, -0.15) is 4.98 Å². The first-order valence-corrected chi connectivity index (χ1v) is 9.89. The van der Waals surface area contributed by atoms with E-state index >= 15 is 0 Å². The second-order valence-electron chi connectivity index (χ2n) is 7.15. The first kappa shape index (κ1) is 19.2.